The number of hydrogen-bond donors (Lipinski definition) is 1. The molecule has 1 fully saturated rings. The Morgan fingerprint density at radius 3 is 3.17 bits per heavy atom. The van der Waals surface area contributed by atoms with Crippen molar-refractivity contribution in [2.24, 2.45) is 0 Å². The first kappa shape index (κ1) is 10.5. The molecule has 0 aromatic heterocycles. The minimum atomic E-state index is 0.240. The highest BCUT2D eigenvalue weighted by Crippen LogP contribution is 2.05. The van der Waals surface area contributed by atoms with Gasteiger partial charge in [-0.05, 0) is 6.92 Å². The summed E-state index contributed by atoms with van der Waals surface area (Å²) in [5.41, 5.74) is 0. The number of rotatable bonds is 4. The summed E-state index contributed by atoms with van der Waals surface area (Å²) in [4.78, 5) is 0. The van der Waals surface area contributed by atoms with Gasteiger partial charge in [-0.15, -0.1) is 0 Å². The Kier molecular flexibility index (Phi) is 5.16. The van der Waals surface area contributed by atoms with Gasteiger partial charge in [-0.2, -0.15) is 9.12 Å². The van der Waals surface area contributed by atoms with Gasteiger partial charge < -0.3 is 14.8 Å². The van der Waals surface area contributed by atoms with E-state index in [-0.39, 0.29) is 6.10 Å². The highest BCUT2D eigenvalue weighted by molar-refractivity contribution is 7.56. The molecule has 12 heavy (non-hydrogen) atoms. The standard InChI is InChI=1S/C7H17BNO2P/c1-2-10-5-6-3-9-4-7(8-12)11-6/h6-9H,2-5,12H2,1H3. The molecule has 0 spiro atoms. The number of ether oxygens (including phenoxy) is 2. The number of nitrogens with one attached hydrogen (secondary N) is 1. The normalized spacial score (nSPS) is 30.2. The molecular weight excluding hydrogens is 172 g/mol. The van der Waals surface area contributed by atoms with E-state index in [9.17, 15) is 0 Å². The summed E-state index contributed by atoms with van der Waals surface area (Å²) in [6.07, 6.45) is 0.240. The lowest BCUT2D eigenvalue weighted by Gasteiger charge is -2.29. The zero-order valence-electron chi connectivity index (χ0n) is 7.58. The first-order valence-electron chi connectivity index (χ1n) is 4.50. The van der Waals surface area contributed by atoms with E-state index in [1.54, 1.807) is 0 Å². The lowest BCUT2D eigenvalue weighted by atomic mass is 9.96. The second kappa shape index (κ2) is 5.93. The van der Waals surface area contributed by atoms with Crippen LogP contribution in [0.15, 0.2) is 0 Å². The summed E-state index contributed by atoms with van der Waals surface area (Å²) >= 11 is 0. The minimum Gasteiger partial charge on any atom is -0.379 e. The molecule has 0 saturated carbocycles. The summed E-state index contributed by atoms with van der Waals surface area (Å²) in [6, 6.07) is 0.342. The largest absolute Gasteiger partial charge is 0.379 e. The van der Waals surface area contributed by atoms with Crippen LogP contribution in [-0.2, 0) is 9.47 Å². The molecule has 1 heterocycles. The van der Waals surface area contributed by atoms with Gasteiger partial charge in [0.15, 0.2) is 7.00 Å². The molecule has 1 aliphatic heterocycles. The fraction of sp³-hybridized carbons (Fsp3) is 1.00. The summed E-state index contributed by atoms with van der Waals surface area (Å²) < 4.78 is 11.0. The van der Waals surface area contributed by atoms with Crippen molar-refractivity contribution in [2.45, 2.75) is 19.0 Å². The fourth-order valence-corrected chi connectivity index (χ4v) is 1.54. The van der Waals surface area contributed by atoms with Crippen LogP contribution in [0.2, 0.25) is 0 Å². The van der Waals surface area contributed by atoms with E-state index in [0.29, 0.717) is 12.6 Å². The van der Waals surface area contributed by atoms with Gasteiger partial charge in [0.25, 0.3) is 0 Å². The number of morpholine rings is 1. The lowest BCUT2D eigenvalue weighted by Crippen LogP contribution is -2.48. The first-order chi connectivity index (χ1) is 5.86. The maximum Gasteiger partial charge on any atom is 0.182 e. The van der Waals surface area contributed by atoms with Crippen molar-refractivity contribution in [1.82, 2.24) is 5.32 Å². The molecule has 3 atom stereocenters. The van der Waals surface area contributed by atoms with Gasteiger partial charge in [-0.3, -0.25) is 0 Å². The van der Waals surface area contributed by atoms with Crippen LogP contribution in [0.5, 0.6) is 0 Å². The van der Waals surface area contributed by atoms with Crippen LogP contribution in [0, 0.1) is 0 Å². The van der Waals surface area contributed by atoms with E-state index in [0.717, 1.165) is 26.7 Å². The van der Waals surface area contributed by atoms with Crippen molar-refractivity contribution in [3.63, 3.8) is 0 Å². The van der Waals surface area contributed by atoms with Crippen molar-refractivity contribution in [2.75, 3.05) is 26.3 Å². The van der Waals surface area contributed by atoms with Crippen molar-refractivity contribution in [3.05, 3.63) is 0 Å². The average molecular weight is 189 g/mol. The molecule has 0 amide bonds. The minimum absolute atomic E-state index is 0.240. The smallest absolute Gasteiger partial charge is 0.182 e. The second-order valence-corrected chi connectivity index (χ2v) is 3.40. The molecule has 0 aromatic rings. The van der Waals surface area contributed by atoms with Gasteiger partial charge in [0, 0.05) is 25.7 Å². The Labute approximate surface area is 77.0 Å². The van der Waals surface area contributed by atoms with Crippen molar-refractivity contribution >= 4 is 16.1 Å². The van der Waals surface area contributed by atoms with Gasteiger partial charge in [0.1, 0.15) is 0 Å². The van der Waals surface area contributed by atoms with Gasteiger partial charge in [-0.1, -0.05) is 0 Å². The molecular formula is C7H17BNO2P. The Morgan fingerprint density at radius 2 is 2.50 bits per heavy atom. The van der Waals surface area contributed by atoms with Crippen LogP contribution in [0.4, 0.5) is 0 Å². The summed E-state index contributed by atoms with van der Waals surface area (Å²) in [5, 5.41) is 3.33. The van der Waals surface area contributed by atoms with E-state index < -0.39 is 0 Å². The van der Waals surface area contributed by atoms with Crippen LogP contribution < -0.4 is 5.32 Å². The SMILES string of the molecule is CCOCC1CNCC(BP)O1. The lowest BCUT2D eigenvalue weighted by molar-refractivity contribution is -0.0451. The van der Waals surface area contributed by atoms with Crippen molar-refractivity contribution < 1.29 is 9.47 Å². The van der Waals surface area contributed by atoms with E-state index in [1.807, 2.05) is 6.92 Å². The third kappa shape index (κ3) is 3.40. The summed E-state index contributed by atoms with van der Waals surface area (Å²) in [5.74, 6) is 0. The molecule has 0 bridgehead atoms. The monoisotopic (exact) mass is 189 g/mol. The van der Waals surface area contributed by atoms with Gasteiger partial charge in [0.05, 0.1) is 12.7 Å². The Morgan fingerprint density at radius 1 is 1.67 bits per heavy atom. The Balaban J connectivity index is 2.16. The van der Waals surface area contributed by atoms with E-state index >= 15 is 0 Å². The summed E-state index contributed by atoms with van der Waals surface area (Å²) in [6.45, 7) is 6.36. The van der Waals surface area contributed by atoms with Crippen molar-refractivity contribution in [1.29, 1.82) is 0 Å². The van der Waals surface area contributed by atoms with Gasteiger partial charge >= 0.3 is 0 Å². The molecule has 70 valence electrons. The van der Waals surface area contributed by atoms with Crippen molar-refractivity contribution in [3.8, 4) is 0 Å². The zero-order valence-corrected chi connectivity index (χ0v) is 8.74. The van der Waals surface area contributed by atoms with Gasteiger partial charge in [0.2, 0.25) is 0 Å². The Bertz CT molecular complexity index is 128. The van der Waals surface area contributed by atoms with E-state index in [1.165, 1.54) is 0 Å². The third-order valence-corrected chi connectivity index (χ3v) is 2.43. The molecule has 1 rings (SSSR count). The molecule has 1 saturated heterocycles. The van der Waals surface area contributed by atoms with Crippen LogP contribution in [0.25, 0.3) is 0 Å². The number of hydrogen-bond acceptors (Lipinski definition) is 3. The predicted molar refractivity (Wildman–Crippen MR) is 54.9 cm³/mol. The molecule has 1 N–H and O–H groups in total. The van der Waals surface area contributed by atoms with E-state index in [2.05, 4.69) is 14.4 Å². The van der Waals surface area contributed by atoms with Crippen LogP contribution in [0.3, 0.4) is 0 Å². The average Bonchev–Trinajstić information content (AvgIpc) is 2.15. The van der Waals surface area contributed by atoms with Crippen LogP contribution in [0.1, 0.15) is 6.92 Å². The molecule has 0 aromatic carbocycles. The fourth-order valence-electron chi connectivity index (χ4n) is 1.26. The topological polar surface area (TPSA) is 30.5 Å². The highest BCUT2D eigenvalue weighted by Gasteiger charge is 2.20. The second-order valence-electron chi connectivity index (χ2n) is 2.93. The molecule has 3 unspecified atom stereocenters. The highest BCUT2D eigenvalue weighted by atomic mass is 31.0. The maximum absolute atomic E-state index is 5.73. The Hall–Kier alpha value is 0.375. The van der Waals surface area contributed by atoms with Crippen LogP contribution >= 0.6 is 9.12 Å². The summed E-state index contributed by atoms with van der Waals surface area (Å²) in [7, 11) is 2.70. The molecule has 0 aliphatic carbocycles. The predicted octanol–water partition coefficient (Wildman–Crippen LogP) is -0.436. The molecule has 3 nitrogen and oxygen atoms in total. The van der Waals surface area contributed by atoms with E-state index in [4.69, 9.17) is 9.47 Å². The van der Waals surface area contributed by atoms with Gasteiger partial charge in [-0.25, -0.2) is 0 Å². The third-order valence-electron chi connectivity index (χ3n) is 1.90. The quantitative estimate of drug-likeness (QED) is 0.480. The molecule has 0 radical (unpaired) electrons. The molecule has 1 aliphatic rings. The first-order valence-corrected chi connectivity index (χ1v) is 5.32. The zero-order chi connectivity index (χ0) is 8.81. The molecule has 5 heteroatoms. The van der Waals surface area contributed by atoms with Crippen LogP contribution in [-0.4, -0.2) is 45.4 Å². The maximum atomic E-state index is 5.73.